The molecule has 0 radical (unpaired) electrons. The number of sulfone groups is 1. The van der Waals surface area contributed by atoms with Gasteiger partial charge in [0.05, 0.1) is 10.6 Å². The quantitative estimate of drug-likeness (QED) is 0.466. The Balaban J connectivity index is 2.30. The van der Waals surface area contributed by atoms with Crippen molar-refractivity contribution in [2.75, 3.05) is 0 Å². The Hall–Kier alpha value is -2.06. The second-order valence-corrected chi connectivity index (χ2v) is 7.55. The molecule has 0 aliphatic carbocycles. The van der Waals surface area contributed by atoms with Gasteiger partial charge in [-0.2, -0.15) is 11.3 Å². The van der Waals surface area contributed by atoms with E-state index in [4.69, 9.17) is 0 Å². The highest BCUT2D eigenvalue weighted by Gasteiger charge is 2.21. The average Bonchev–Trinajstić information content (AvgIpc) is 2.97. The average molecular weight is 358 g/mol. The molecule has 122 valence electrons. The molecule has 0 N–H and O–H groups in total. The lowest BCUT2D eigenvalue weighted by Crippen LogP contribution is -2.11. The Bertz CT molecular complexity index is 833. The van der Waals surface area contributed by atoms with Gasteiger partial charge in [-0.3, -0.25) is 0 Å². The predicted octanol–water partition coefficient (Wildman–Crippen LogP) is 3.48. The van der Waals surface area contributed by atoms with Crippen LogP contribution >= 0.6 is 11.3 Å². The number of carbonyl (C=O) groups is 1. The van der Waals surface area contributed by atoms with E-state index in [1.165, 1.54) is 29.7 Å². The van der Waals surface area contributed by atoms with Crippen LogP contribution in [0.3, 0.4) is 0 Å². The Morgan fingerprint density at radius 1 is 1.30 bits per heavy atom. The topological polar surface area (TPSA) is 60.4 Å². The Labute approximate surface area is 135 Å². The van der Waals surface area contributed by atoms with Gasteiger partial charge in [0.15, 0.2) is 21.5 Å². The Morgan fingerprint density at radius 3 is 2.39 bits per heavy atom. The fraction of sp³-hybridized carbons (Fsp3) is 0.133. The Kier molecular flexibility index (Phi) is 4.96. The smallest absolute Gasteiger partial charge is 0.338 e. The molecule has 0 bridgehead atoms. The van der Waals surface area contributed by atoms with Crippen molar-refractivity contribution in [1.29, 1.82) is 0 Å². The van der Waals surface area contributed by atoms with Crippen molar-refractivity contribution in [2.45, 2.75) is 17.6 Å². The molecule has 0 amide bonds. The van der Waals surface area contributed by atoms with E-state index in [1.54, 1.807) is 5.38 Å². The predicted molar refractivity (Wildman–Crippen MR) is 82.0 cm³/mol. The standard InChI is InChI=1S/C15H12F2O4S2/c1-9(2)15(18)21-14-12(16)5-10(6-13(14)17)8-23(19,20)11-3-4-22-7-11/h3-7H,1,8H2,2H3. The summed E-state index contributed by atoms with van der Waals surface area (Å²) >= 11 is 1.20. The highest BCUT2D eigenvalue weighted by molar-refractivity contribution is 7.90. The van der Waals surface area contributed by atoms with Crippen LogP contribution in [0.5, 0.6) is 5.75 Å². The van der Waals surface area contributed by atoms with E-state index in [1.807, 2.05) is 0 Å². The SMILES string of the molecule is C=C(C)C(=O)Oc1c(F)cc(CS(=O)(=O)c2ccsc2)cc1F. The summed E-state index contributed by atoms with van der Waals surface area (Å²) in [6, 6.07) is 3.07. The maximum absolute atomic E-state index is 13.9. The van der Waals surface area contributed by atoms with Crippen LogP contribution in [-0.2, 0) is 20.4 Å². The van der Waals surface area contributed by atoms with E-state index < -0.39 is 38.9 Å². The summed E-state index contributed by atoms with van der Waals surface area (Å²) in [6.45, 7) is 4.64. The minimum Gasteiger partial charge on any atom is -0.417 e. The zero-order valence-corrected chi connectivity index (χ0v) is 13.6. The molecule has 0 atom stereocenters. The van der Waals surface area contributed by atoms with Crippen LogP contribution in [0.25, 0.3) is 0 Å². The summed E-state index contributed by atoms with van der Waals surface area (Å²) in [6.07, 6.45) is 0. The van der Waals surface area contributed by atoms with Gasteiger partial charge in [0, 0.05) is 11.0 Å². The van der Waals surface area contributed by atoms with Gasteiger partial charge in [0.25, 0.3) is 0 Å². The number of thiophene rings is 1. The van der Waals surface area contributed by atoms with Crippen LogP contribution in [0, 0.1) is 11.6 Å². The second-order valence-electron chi connectivity index (χ2n) is 4.78. The third kappa shape index (κ3) is 4.02. The van der Waals surface area contributed by atoms with Crippen molar-refractivity contribution in [3.8, 4) is 5.75 Å². The Morgan fingerprint density at radius 2 is 1.91 bits per heavy atom. The summed E-state index contributed by atoms with van der Waals surface area (Å²) in [7, 11) is -3.70. The van der Waals surface area contributed by atoms with E-state index in [2.05, 4.69) is 11.3 Å². The van der Waals surface area contributed by atoms with Crippen LogP contribution in [0.4, 0.5) is 8.78 Å². The molecule has 2 rings (SSSR count). The highest BCUT2D eigenvalue weighted by atomic mass is 32.2. The molecule has 8 heteroatoms. The first-order chi connectivity index (χ1) is 10.7. The van der Waals surface area contributed by atoms with Gasteiger partial charge in [0.1, 0.15) is 0 Å². The molecule has 2 aromatic rings. The van der Waals surface area contributed by atoms with Crippen LogP contribution in [-0.4, -0.2) is 14.4 Å². The van der Waals surface area contributed by atoms with Crippen LogP contribution in [0.2, 0.25) is 0 Å². The molecule has 0 aliphatic heterocycles. The van der Waals surface area contributed by atoms with E-state index in [0.717, 1.165) is 12.1 Å². The van der Waals surface area contributed by atoms with Gasteiger partial charge in [-0.1, -0.05) is 6.58 Å². The number of rotatable bonds is 5. The fourth-order valence-corrected chi connectivity index (χ4v) is 4.11. The molecule has 0 saturated carbocycles. The zero-order valence-electron chi connectivity index (χ0n) is 12.0. The molecule has 1 heterocycles. The van der Waals surface area contributed by atoms with Crippen molar-refractivity contribution in [1.82, 2.24) is 0 Å². The van der Waals surface area contributed by atoms with Crippen molar-refractivity contribution in [3.05, 3.63) is 58.3 Å². The molecule has 1 aromatic heterocycles. The molecule has 0 saturated heterocycles. The minimum atomic E-state index is -3.70. The van der Waals surface area contributed by atoms with Crippen LogP contribution in [0.1, 0.15) is 12.5 Å². The van der Waals surface area contributed by atoms with Crippen molar-refractivity contribution >= 4 is 27.1 Å². The van der Waals surface area contributed by atoms with Crippen molar-refractivity contribution in [2.24, 2.45) is 0 Å². The first-order valence-electron chi connectivity index (χ1n) is 6.31. The summed E-state index contributed by atoms with van der Waals surface area (Å²) in [4.78, 5) is 11.4. The van der Waals surface area contributed by atoms with E-state index in [-0.39, 0.29) is 16.0 Å². The molecule has 0 spiro atoms. The normalized spacial score (nSPS) is 11.3. The summed E-state index contributed by atoms with van der Waals surface area (Å²) in [5.41, 5.74) is -0.103. The van der Waals surface area contributed by atoms with Gasteiger partial charge in [0.2, 0.25) is 5.75 Å². The largest absolute Gasteiger partial charge is 0.417 e. The molecule has 0 fully saturated rings. The van der Waals surface area contributed by atoms with E-state index in [0.29, 0.717) is 0 Å². The molecule has 1 aromatic carbocycles. The number of carbonyl (C=O) groups excluding carboxylic acids is 1. The summed E-state index contributed by atoms with van der Waals surface area (Å²) < 4.78 is 56.6. The molecular weight excluding hydrogens is 346 g/mol. The van der Waals surface area contributed by atoms with Crippen molar-refractivity contribution in [3.63, 3.8) is 0 Å². The molecule has 4 nitrogen and oxygen atoms in total. The first kappa shape index (κ1) is 17.3. The number of esters is 1. The third-order valence-electron chi connectivity index (χ3n) is 2.81. The fourth-order valence-electron chi connectivity index (χ4n) is 1.70. The lowest BCUT2D eigenvalue weighted by molar-refractivity contribution is -0.130. The van der Waals surface area contributed by atoms with Crippen LogP contribution < -0.4 is 4.74 Å². The number of hydrogen-bond donors (Lipinski definition) is 0. The lowest BCUT2D eigenvalue weighted by Gasteiger charge is -2.09. The van der Waals surface area contributed by atoms with Gasteiger partial charge < -0.3 is 4.74 Å². The van der Waals surface area contributed by atoms with Gasteiger partial charge in [-0.25, -0.2) is 22.0 Å². The van der Waals surface area contributed by atoms with E-state index in [9.17, 15) is 22.0 Å². The molecule has 0 aliphatic rings. The number of benzene rings is 1. The van der Waals surface area contributed by atoms with Gasteiger partial charge in [-0.15, -0.1) is 0 Å². The van der Waals surface area contributed by atoms with Crippen LogP contribution in [0.15, 0.2) is 46.0 Å². The number of hydrogen-bond acceptors (Lipinski definition) is 5. The van der Waals surface area contributed by atoms with E-state index >= 15 is 0 Å². The lowest BCUT2D eigenvalue weighted by atomic mass is 10.2. The molecule has 0 unspecified atom stereocenters. The summed E-state index contributed by atoms with van der Waals surface area (Å²) in [5, 5.41) is 3.03. The molecular formula is C15H12F2O4S2. The minimum absolute atomic E-state index is 0.0205. The summed E-state index contributed by atoms with van der Waals surface area (Å²) in [5.74, 6) is -4.73. The zero-order chi connectivity index (χ0) is 17.2. The number of halogens is 2. The first-order valence-corrected chi connectivity index (χ1v) is 8.91. The highest BCUT2D eigenvalue weighted by Crippen LogP contribution is 2.26. The third-order valence-corrected chi connectivity index (χ3v) is 5.33. The number of ether oxygens (including phenoxy) is 1. The monoisotopic (exact) mass is 358 g/mol. The van der Waals surface area contributed by atoms with Gasteiger partial charge in [-0.05, 0) is 36.1 Å². The van der Waals surface area contributed by atoms with Crippen molar-refractivity contribution < 1.29 is 26.7 Å². The maximum Gasteiger partial charge on any atom is 0.338 e. The molecule has 23 heavy (non-hydrogen) atoms. The maximum atomic E-state index is 13.9. The second kappa shape index (κ2) is 6.59. The van der Waals surface area contributed by atoms with Gasteiger partial charge >= 0.3 is 5.97 Å².